The minimum absolute atomic E-state index is 0.0603. The molecule has 0 spiro atoms. The van der Waals surface area contributed by atoms with E-state index in [4.69, 9.17) is 0 Å². The van der Waals surface area contributed by atoms with Crippen LogP contribution in [0, 0.1) is 6.92 Å². The predicted octanol–water partition coefficient (Wildman–Crippen LogP) is 5.95. The number of nitrogens with zero attached hydrogens (tertiary/aromatic N) is 4. The van der Waals surface area contributed by atoms with Crippen molar-refractivity contribution >= 4 is 44.7 Å². The van der Waals surface area contributed by atoms with E-state index in [0.717, 1.165) is 55.0 Å². The fourth-order valence-corrected chi connectivity index (χ4v) is 5.00. The van der Waals surface area contributed by atoms with E-state index in [2.05, 4.69) is 60.6 Å². The van der Waals surface area contributed by atoms with Crippen LogP contribution in [0.5, 0.6) is 0 Å². The van der Waals surface area contributed by atoms with Gasteiger partial charge in [0.25, 0.3) is 0 Å². The zero-order valence-corrected chi connectivity index (χ0v) is 19.9. The largest absolute Gasteiger partial charge is 0.353 e. The summed E-state index contributed by atoms with van der Waals surface area (Å²) in [4.78, 5) is 31.2. The minimum atomic E-state index is -0.0603. The van der Waals surface area contributed by atoms with Gasteiger partial charge in [-0.05, 0) is 43.3 Å². The lowest BCUT2D eigenvalue weighted by Gasteiger charge is -2.06. The first kappa shape index (κ1) is 21.2. The highest BCUT2D eigenvalue weighted by Crippen LogP contribution is 2.36. The van der Waals surface area contributed by atoms with Crippen LogP contribution in [-0.4, -0.2) is 36.0 Å². The topological polar surface area (TPSA) is 112 Å². The van der Waals surface area contributed by atoms with E-state index in [1.54, 1.807) is 29.9 Å². The van der Waals surface area contributed by atoms with Crippen LogP contribution >= 0.6 is 11.3 Å². The van der Waals surface area contributed by atoms with Crippen molar-refractivity contribution in [1.29, 1.82) is 0 Å². The quantitative estimate of drug-likeness (QED) is 0.283. The van der Waals surface area contributed by atoms with Gasteiger partial charge in [-0.2, -0.15) is 5.10 Å². The van der Waals surface area contributed by atoms with E-state index in [1.165, 1.54) is 4.88 Å². The SMILES string of the molecule is CCC(=O)Nc1cncc(-c2cc3c(-c4cc5c(-c6ccc(C)s6)nccc5[nH]4)n[nH]c3cn2)c1. The van der Waals surface area contributed by atoms with Crippen LogP contribution in [-0.2, 0) is 4.79 Å². The molecule has 0 radical (unpaired) electrons. The highest BCUT2D eigenvalue weighted by molar-refractivity contribution is 7.15. The Kier molecular flexibility index (Phi) is 5.11. The number of aromatic nitrogens is 6. The molecule has 0 saturated heterocycles. The summed E-state index contributed by atoms with van der Waals surface area (Å²) >= 11 is 1.73. The van der Waals surface area contributed by atoms with Crippen LogP contribution in [0.25, 0.3) is 55.0 Å². The van der Waals surface area contributed by atoms with Crippen molar-refractivity contribution in [2.45, 2.75) is 20.3 Å². The molecule has 9 heteroatoms. The average Bonchev–Trinajstić information content (AvgIpc) is 3.61. The number of aromatic amines is 2. The third kappa shape index (κ3) is 3.85. The van der Waals surface area contributed by atoms with Crippen LogP contribution in [0.4, 0.5) is 5.69 Å². The number of amides is 1. The smallest absolute Gasteiger partial charge is 0.224 e. The Morgan fingerprint density at radius 1 is 1.00 bits per heavy atom. The number of rotatable bonds is 5. The molecule has 0 aromatic carbocycles. The second-order valence-electron chi connectivity index (χ2n) is 8.27. The summed E-state index contributed by atoms with van der Waals surface area (Å²) in [6.45, 7) is 3.91. The highest BCUT2D eigenvalue weighted by Gasteiger charge is 2.16. The summed E-state index contributed by atoms with van der Waals surface area (Å²) in [6.07, 6.45) is 7.36. The van der Waals surface area contributed by atoms with Gasteiger partial charge in [-0.15, -0.1) is 11.3 Å². The first-order chi connectivity index (χ1) is 17.1. The van der Waals surface area contributed by atoms with E-state index in [0.29, 0.717) is 12.1 Å². The molecule has 6 heterocycles. The van der Waals surface area contributed by atoms with Crippen molar-refractivity contribution in [3.63, 3.8) is 0 Å². The Bertz CT molecular complexity index is 1710. The van der Waals surface area contributed by atoms with Gasteiger partial charge in [-0.1, -0.05) is 6.92 Å². The first-order valence-electron chi connectivity index (χ1n) is 11.2. The van der Waals surface area contributed by atoms with Gasteiger partial charge in [-0.25, -0.2) is 0 Å². The maximum atomic E-state index is 11.8. The lowest BCUT2D eigenvalue weighted by Crippen LogP contribution is -2.09. The van der Waals surface area contributed by atoms with Gasteiger partial charge >= 0.3 is 0 Å². The summed E-state index contributed by atoms with van der Waals surface area (Å²) in [5.41, 5.74) is 6.69. The standard InChI is InChI=1S/C26H21N7OS/c1-3-24(34)30-16-8-15(11-27-12-16)20-9-18-22(13-29-20)32-33-25(18)21-10-17-19(31-21)6-7-28-26(17)23-5-4-14(2)35-23/h4-13,31H,3H2,1-2H3,(H,30,34)(H,32,33). The number of pyridine rings is 3. The molecule has 172 valence electrons. The molecule has 35 heavy (non-hydrogen) atoms. The molecule has 0 saturated carbocycles. The molecule has 0 aliphatic heterocycles. The fraction of sp³-hybridized carbons (Fsp3) is 0.115. The van der Waals surface area contributed by atoms with E-state index >= 15 is 0 Å². The number of anilines is 1. The van der Waals surface area contributed by atoms with E-state index in [-0.39, 0.29) is 5.91 Å². The van der Waals surface area contributed by atoms with Crippen molar-refractivity contribution in [3.8, 4) is 33.2 Å². The van der Waals surface area contributed by atoms with E-state index < -0.39 is 0 Å². The van der Waals surface area contributed by atoms with Crippen molar-refractivity contribution in [1.82, 2.24) is 30.1 Å². The second kappa shape index (κ2) is 8.44. The van der Waals surface area contributed by atoms with E-state index in [1.807, 2.05) is 31.3 Å². The maximum absolute atomic E-state index is 11.8. The first-order valence-corrected chi connectivity index (χ1v) is 12.0. The van der Waals surface area contributed by atoms with Crippen LogP contribution in [0.1, 0.15) is 18.2 Å². The summed E-state index contributed by atoms with van der Waals surface area (Å²) in [7, 11) is 0. The number of carbonyl (C=O) groups is 1. The zero-order chi connectivity index (χ0) is 23.9. The summed E-state index contributed by atoms with van der Waals surface area (Å²) in [5.74, 6) is -0.0603. The lowest BCUT2D eigenvalue weighted by molar-refractivity contribution is -0.115. The molecule has 8 nitrogen and oxygen atoms in total. The molecule has 0 aliphatic rings. The lowest BCUT2D eigenvalue weighted by atomic mass is 10.1. The van der Waals surface area contributed by atoms with Gasteiger partial charge in [0.15, 0.2) is 0 Å². The third-order valence-corrected chi connectivity index (χ3v) is 6.87. The van der Waals surface area contributed by atoms with Gasteiger partial charge in [0, 0.05) is 45.5 Å². The Morgan fingerprint density at radius 2 is 1.89 bits per heavy atom. The molecule has 6 rings (SSSR count). The maximum Gasteiger partial charge on any atom is 0.224 e. The van der Waals surface area contributed by atoms with Crippen molar-refractivity contribution in [2.24, 2.45) is 0 Å². The molecule has 1 amide bonds. The molecular formula is C26H21N7OS. The number of H-pyrrole nitrogens is 2. The minimum Gasteiger partial charge on any atom is -0.353 e. The van der Waals surface area contributed by atoms with Crippen LogP contribution in [0.2, 0.25) is 0 Å². The monoisotopic (exact) mass is 479 g/mol. The molecule has 0 aliphatic carbocycles. The number of hydrogen-bond acceptors (Lipinski definition) is 6. The predicted molar refractivity (Wildman–Crippen MR) is 139 cm³/mol. The number of hydrogen-bond donors (Lipinski definition) is 3. The molecule has 0 atom stereocenters. The third-order valence-electron chi connectivity index (χ3n) is 5.86. The highest BCUT2D eigenvalue weighted by atomic mass is 32.1. The number of thiophene rings is 1. The average molecular weight is 480 g/mol. The zero-order valence-electron chi connectivity index (χ0n) is 19.1. The number of fused-ring (bicyclic) bond motifs is 2. The van der Waals surface area contributed by atoms with Crippen molar-refractivity contribution in [3.05, 3.63) is 66.1 Å². The van der Waals surface area contributed by atoms with Crippen molar-refractivity contribution in [2.75, 3.05) is 5.32 Å². The number of carbonyl (C=O) groups excluding carboxylic acids is 1. The summed E-state index contributed by atoms with van der Waals surface area (Å²) in [5, 5.41) is 12.5. The number of aryl methyl sites for hydroxylation is 1. The second-order valence-corrected chi connectivity index (χ2v) is 9.55. The molecule has 6 aromatic heterocycles. The van der Waals surface area contributed by atoms with E-state index in [9.17, 15) is 4.79 Å². The Balaban J connectivity index is 1.43. The molecule has 3 N–H and O–H groups in total. The van der Waals surface area contributed by atoms with Gasteiger partial charge in [0.1, 0.15) is 5.69 Å². The molecule has 0 unspecified atom stereocenters. The van der Waals surface area contributed by atoms with Crippen LogP contribution in [0.15, 0.2) is 61.2 Å². The normalized spacial score (nSPS) is 11.4. The summed E-state index contributed by atoms with van der Waals surface area (Å²) in [6, 6.07) is 12.2. The number of nitrogens with one attached hydrogen (secondary N) is 3. The molecular weight excluding hydrogens is 458 g/mol. The van der Waals surface area contributed by atoms with Gasteiger partial charge in [0.2, 0.25) is 5.91 Å². The van der Waals surface area contributed by atoms with Crippen molar-refractivity contribution < 1.29 is 4.79 Å². The molecule has 0 fully saturated rings. The molecule has 0 bridgehead atoms. The van der Waals surface area contributed by atoms with Crippen LogP contribution in [0.3, 0.4) is 0 Å². The fourth-order valence-electron chi connectivity index (χ4n) is 4.12. The van der Waals surface area contributed by atoms with Gasteiger partial charge in [0.05, 0.1) is 45.6 Å². The Labute approximate surface area is 204 Å². The summed E-state index contributed by atoms with van der Waals surface area (Å²) < 4.78 is 0. The van der Waals surface area contributed by atoms with Gasteiger partial charge in [-0.3, -0.25) is 24.8 Å². The Morgan fingerprint density at radius 3 is 2.71 bits per heavy atom. The van der Waals surface area contributed by atoms with Gasteiger partial charge < -0.3 is 10.3 Å². The van der Waals surface area contributed by atoms with Crippen LogP contribution < -0.4 is 5.32 Å². The molecule has 6 aromatic rings. The Hall–Kier alpha value is -4.37.